The van der Waals surface area contributed by atoms with Gasteiger partial charge in [-0.1, -0.05) is 39.5 Å². The molecule has 0 aromatic heterocycles. The van der Waals surface area contributed by atoms with Crippen LogP contribution in [0.3, 0.4) is 0 Å². The highest BCUT2D eigenvalue weighted by molar-refractivity contribution is 4.81. The maximum Gasteiger partial charge on any atom is 0.0622 e. The maximum atomic E-state index is 5.70. The molecule has 0 amide bonds. The van der Waals surface area contributed by atoms with Gasteiger partial charge in [-0.15, -0.1) is 0 Å². The molecular formula is C15H31NO. The van der Waals surface area contributed by atoms with Crippen LogP contribution in [0.5, 0.6) is 0 Å². The second-order valence-electron chi connectivity index (χ2n) is 5.54. The molecule has 0 aliphatic heterocycles. The first-order chi connectivity index (χ1) is 8.31. The number of nitrogens with one attached hydrogen (secondary N) is 1. The minimum atomic E-state index is 0.573. The van der Waals surface area contributed by atoms with Crippen molar-refractivity contribution in [1.82, 2.24) is 5.32 Å². The second-order valence-corrected chi connectivity index (χ2v) is 5.54. The molecule has 102 valence electrons. The summed E-state index contributed by atoms with van der Waals surface area (Å²) in [6.07, 6.45) is 9.57. The van der Waals surface area contributed by atoms with Crippen LogP contribution in [0, 0.1) is 11.8 Å². The Morgan fingerprint density at radius 2 is 1.82 bits per heavy atom. The van der Waals surface area contributed by atoms with E-state index in [0.717, 1.165) is 31.5 Å². The van der Waals surface area contributed by atoms with Gasteiger partial charge in [-0.25, -0.2) is 0 Å². The molecule has 2 heteroatoms. The van der Waals surface area contributed by atoms with Gasteiger partial charge in [0.25, 0.3) is 0 Å². The second kappa shape index (κ2) is 8.93. The van der Waals surface area contributed by atoms with E-state index >= 15 is 0 Å². The van der Waals surface area contributed by atoms with E-state index < -0.39 is 0 Å². The Morgan fingerprint density at radius 3 is 2.35 bits per heavy atom. The van der Waals surface area contributed by atoms with Crippen LogP contribution in [0.1, 0.15) is 58.8 Å². The van der Waals surface area contributed by atoms with Gasteiger partial charge < -0.3 is 10.1 Å². The molecule has 0 radical (unpaired) electrons. The van der Waals surface area contributed by atoms with Gasteiger partial charge in [0, 0.05) is 12.6 Å². The quantitative estimate of drug-likeness (QED) is 0.656. The number of hydrogen-bond donors (Lipinski definition) is 1. The van der Waals surface area contributed by atoms with Gasteiger partial charge in [0.15, 0.2) is 0 Å². The maximum absolute atomic E-state index is 5.70. The van der Waals surface area contributed by atoms with E-state index in [1.54, 1.807) is 0 Å². The zero-order valence-corrected chi connectivity index (χ0v) is 12.0. The Hall–Kier alpha value is -0.0800. The normalized spacial score (nSPS) is 27.0. The zero-order valence-electron chi connectivity index (χ0n) is 12.0. The van der Waals surface area contributed by atoms with Crippen molar-refractivity contribution in [1.29, 1.82) is 0 Å². The van der Waals surface area contributed by atoms with E-state index in [0.29, 0.717) is 6.04 Å². The molecule has 17 heavy (non-hydrogen) atoms. The Balaban J connectivity index is 2.24. The SMILES string of the molecule is CCCOCC(NC)C1CCC(CCC)CC1. The van der Waals surface area contributed by atoms with Crippen LogP contribution in [-0.4, -0.2) is 26.3 Å². The van der Waals surface area contributed by atoms with Gasteiger partial charge in [0.05, 0.1) is 6.61 Å². The molecule has 1 saturated carbocycles. The number of likely N-dealkylation sites (N-methyl/N-ethyl adjacent to an activating group) is 1. The van der Waals surface area contributed by atoms with E-state index in [1.807, 2.05) is 0 Å². The average molecular weight is 241 g/mol. The van der Waals surface area contributed by atoms with Gasteiger partial charge in [-0.2, -0.15) is 0 Å². The van der Waals surface area contributed by atoms with Crippen molar-refractivity contribution in [2.24, 2.45) is 11.8 Å². The Morgan fingerprint density at radius 1 is 1.12 bits per heavy atom. The van der Waals surface area contributed by atoms with Crippen LogP contribution < -0.4 is 5.32 Å². The lowest BCUT2D eigenvalue weighted by Crippen LogP contribution is -2.39. The van der Waals surface area contributed by atoms with E-state index in [4.69, 9.17) is 4.74 Å². The van der Waals surface area contributed by atoms with Crippen molar-refractivity contribution in [2.75, 3.05) is 20.3 Å². The molecule has 1 fully saturated rings. The molecular weight excluding hydrogens is 210 g/mol. The lowest BCUT2D eigenvalue weighted by molar-refractivity contribution is 0.0821. The molecule has 1 N–H and O–H groups in total. The van der Waals surface area contributed by atoms with E-state index in [1.165, 1.54) is 38.5 Å². The summed E-state index contributed by atoms with van der Waals surface area (Å²) in [7, 11) is 2.08. The monoisotopic (exact) mass is 241 g/mol. The molecule has 0 heterocycles. The van der Waals surface area contributed by atoms with E-state index in [-0.39, 0.29) is 0 Å². The first-order valence-electron chi connectivity index (χ1n) is 7.56. The smallest absolute Gasteiger partial charge is 0.0622 e. The summed E-state index contributed by atoms with van der Waals surface area (Å²) in [6.45, 7) is 6.28. The first-order valence-corrected chi connectivity index (χ1v) is 7.56. The van der Waals surface area contributed by atoms with Crippen LogP contribution in [0.2, 0.25) is 0 Å². The molecule has 1 rings (SSSR count). The van der Waals surface area contributed by atoms with Crippen molar-refractivity contribution < 1.29 is 4.74 Å². The molecule has 0 aromatic rings. The predicted octanol–water partition coefficient (Wildman–Crippen LogP) is 3.61. The van der Waals surface area contributed by atoms with Gasteiger partial charge in [-0.05, 0) is 38.1 Å². The number of rotatable bonds is 8. The minimum absolute atomic E-state index is 0.573. The van der Waals surface area contributed by atoms with Gasteiger partial charge in [0.2, 0.25) is 0 Å². The number of hydrogen-bond acceptors (Lipinski definition) is 2. The highest BCUT2D eigenvalue weighted by Crippen LogP contribution is 2.33. The van der Waals surface area contributed by atoms with Crippen molar-refractivity contribution >= 4 is 0 Å². The molecule has 1 unspecified atom stereocenters. The Labute approximate surface area is 108 Å². The summed E-state index contributed by atoms with van der Waals surface area (Å²) in [4.78, 5) is 0. The van der Waals surface area contributed by atoms with E-state index in [9.17, 15) is 0 Å². The molecule has 0 aromatic carbocycles. The average Bonchev–Trinajstić information content (AvgIpc) is 2.36. The van der Waals surface area contributed by atoms with Crippen molar-refractivity contribution in [3.63, 3.8) is 0 Å². The fraction of sp³-hybridized carbons (Fsp3) is 1.00. The van der Waals surface area contributed by atoms with Crippen LogP contribution in [0.4, 0.5) is 0 Å². The van der Waals surface area contributed by atoms with Crippen molar-refractivity contribution in [3.8, 4) is 0 Å². The lowest BCUT2D eigenvalue weighted by atomic mass is 9.77. The fourth-order valence-electron chi connectivity index (χ4n) is 3.10. The standard InChI is InChI=1S/C15H31NO/c1-4-6-13-7-9-14(10-8-13)15(16-3)12-17-11-5-2/h13-16H,4-12H2,1-3H3. The van der Waals surface area contributed by atoms with Gasteiger partial charge in [0.1, 0.15) is 0 Å². The Bertz CT molecular complexity index is 176. The molecule has 1 aliphatic rings. The molecule has 0 spiro atoms. The summed E-state index contributed by atoms with van der Waals surface area (Å²) in [5.74, 6) is 1.84. The van der Waals surface area contributed by atoms with Crippen LogP contribution in [0.15, 0.2) is 0 Å². The Kier molecular flexibility index (Phi) is 7.87. The molecule has 2 nitrogen and oxygen atoms in total. The zero-order chi connectivity index (χ0) is 12.5. The third-order valence-electron chi connectivity index (χ3n) is 4.17. The highest BCUT2D eigenvalue weighted by atomic mass is 16.5. The summed E-state index contributed by atoms with van der Waals surface area (Å²) in [6, 6.07) is 0.573. The molecule has 1 atom stereocenters. The summed E-state index contributed by atoms with van der Waals surface area (Å²) in [5.41, 5.74) is 0. The molecule has 0 bridgehead atoms. The van der Waals surface area contributed by atoms with Crippen LogP contribution >= 0.6 is 0 Å². The van der Waals surface area contributed by atoms with Gasteiger partial charge >= 0.3 is 0 Å². The van der Waals surface area contributed by atoms with Crippen LogP contribution in [-0.2, 0) is 4.74 Å². The molecule has 0 saturated heterocycles. The van der Waals surface area contributed by atoms with Crippen LogP contribution in [0.25, 0.3) is 0 Å². The predicted molar refractivity (Wildman–Crippen MR) is 74.3 cm³/mol. The fourth-order valence-corrected chi connectivity index (χ4v) is 3.10. The minimum Gasteiger partial charge on any atom is -0.380 e. The summed E-state index contributed by atoms with van der Waals surface area (Å²) < 4.78 is 5.70. The third kappa shape index (κ3) is 5.39. The lowest BCUT2D eigenvalue weighted by Gasteiger charge is -2.33. The van der Waals surface area contributed by atoms with Gasteiger partial charge in [-0.3, -0.25) is 0 Å². The topological polar surface area (TPSA) is 21.3 Å². The first kappa shape index (κ1) is 15.0. The summed E-state index contributed by atoms with van der Waals surface area (Å²) >= 11 is 0. The largest absolute Gasteiger partial charge is 0.380 e. The van der Waals surface area contributed by atoms with E-state index in [2.05, 4.69) is 26.2 Å². The third-order valence-corrected chi connectivity index (χ3v) is 4.17. The highest BCUT2D eigenvalue weighted by Gasteiger charge is 2.26. The van der Waals surface area contributed by atoms with Crippen molar-refractivity contribution in [2.45, 2.75) is 64.8 Å². The molecule has 1 aliphatic carbocycles. The number of ether oxygens (including phenoxy) is 1. The van der Waals surface area contributed by atoms with Crippen molar-refractivity contribution in [3.05, 3.63) is 0 Å². The summed E-state index contributed by atoms with van der Waals surface area (Å²) in [5, 5.41) is 3.45.